The second-order valence-electron chi connectivity index (χ2n) is 7.04. The molecule has 0 spiro atoms. The maximum Gasteiger partial charge on any atom is 0.289 e. The monoisotopic (exact) mass is 333 g/mol. The van der Waals surface area contributed by atoms with E-state index < -0.39 is 0 Å². The van der Waals surface area contributed by atoms with Crippen LogP contribution in [0.1, 0.15) is 29.3 Å². The topological polar surface area (TPSA) is 89.3 Å². The van der Waals surface area contributed by atoms with E-state index in [-0.39, 0.29) is 11.8 Å². The predicted molar refractivity (Wildman–Crippen MR) is 84.2 cm³/mol. The molecule has 2 atom stereocenters. The van der Waals surface area contributed by atoms with Crippen LogP contribution in [0.5, 0.6) is 0 Å². The van der Waals surface area contributed by atoms with Gasteiger partial charge in [0.15, 0.2) is 0 Å². The average Bonchev–Trinajstić information content (AvgIpc) is 3.22. The number of amides is 2. The van der Waals surface area contributed by atoms with Gasteiger partial charge in [-0.2, -0.15) is 0 Å². The summed E-state index contributed by atoms with van der Waals surface area (Å²) in [4.78, 5) is 26.6. The zero-order chi connectivity index (χ0) is 16.7. The Morgan fingerprint density at radius 3 is 2.75 bits per heavy atom. The molecule has 1 aliphatic carbocycles. The van der Waals surface area contributed by atoms with Gasteiger partial charge in [0.25, 0.3) is 5.91 Å². The molecule has 2 amide bonds. The Kier molecular flexibility index (Phi) is 3.99. The van der Waals surface area contributed by atoms with Crippen molar-refractivity contribution in [2.75, 3.05) is 33.4 Å². The lowest BCUT2D eigenvalue weighted by Gasteiger charge is -2.25. The quantitative estimate of drug-likeness (QED) is 0.747. The lowest BCUT2D eigenvalue weighted by atomic mass is 9.89. The Balaban J connectivity index is 1.44. The first-order valence-corrected chi connectivity index (χ1v) is 8.65. The first kappa shape index (κ1) is 15.6. The fourth-order valence-corrected chi connectivity index (χ4v) is 3.81. The lowest BCUT2D eigenvalue weighted by molar-refractivity contribution is -0.131. The molecule has 0 radical (unpaired) electrons. The maximum atomic E-state index is 12.3. The minimum atomic E-state index is -0.215. The Morgan fingerprint density at radius 2 is 2.00 bits per heavy atom. The van der Waals surface area contributed by atoms with Gasteiger partial charge in [0, 0.05) is 45.6 Å². The standard InChI is InChI=1S/C16H23N5O3/c1-24-5-4-17-15(22)14-19-18-13-6-11-7-20(16(23)10-2-3-10)8-12(11)9-21(13)14/h10-12H,2-9H2,1H3,(H,17,22)/t11-,12-/m0/s1. The smallest absolute Gasteiger partial charge is 0.289 e. The molecule has 8 heteroatoms. The molecule has 4 rings (SSSR count). The molecule has 1 aromatic rings. The summed E-state index contributed by atoms with van der Waals surface area (Å²) in [5.41, 5.74) is 0. The number of hydrogen-bond acceptors (Lipinski definition) is 5. The number of ether oxygens (including phenoxy) is 1. The largest absolute Gasteiger partial charge is 0.383 e. The molecule has 0 unspecified atom stereocenters. The Labute approximate surface area is 140 Å². The molecule has 2 fully saturated rings. The molecule has 3 heterocycles. The van der Waals surface area contributed by atoms with Gasteiger partial charge >= 0.3 is 0 Å². The Bertz CT molecular complexity index is 654. The molecular formula is C16H23N5O3. The SMILES string of the molecule is COCCNC(=O)c1nnc2n1C[C@@H]1CN(C(=O)C3CC3)C[C@@H]1C2. The van der Waals surface area contributed by atoms with Gasteiger partial charge in [-0.15, -0.1) is 10.2 Å². The minimum Gasteiger partial charge on any atom is -0.383 e. The average molecular weight is 333 g/mol. The summed E-state index contributed by atoms with van der Waals surface area (Å²) in [6, 6.07) is 0. The highest BCUT2D eigenvalue weighted by molar-refractivity contribution is 5.90. The highest BCUT2D eigenvalue weighted by atomic mass is 16.5. The zero-order valence-electron chi connectivity index (χ0n) is 13.9. The van der Waals surface area contributed by atoms with Gasteiger partial charge in [0.05, 0.1) is 6.61 Å². The van der Waals surface area contributed by atoms with E-state index >= 15 is 0 Å². The number of hydrogen-bond donors (Lipinski definition) is 1. The van der Waals surface area contributed by atoms with Crippen molar-refractivity contribution in [2.45, 2.75) is 25.8 Å². The lowest BCUT2D eigenvalue weighted by Crippen LogP contribution is -2.34. The van der Waals surface area contributed by atoms with Crippen LogP contribution in [-0.4, -0.2) is 64.8 Å². The third kappa shape index (κ3) is 2.79. The maximum absolute atomic E-state index is 12.3. The molecule has 1 aromatic heterocycles. The van der Waals surface area contributed by atoms with Crippen LogP contribution in [0, 0.1) is 17.8 Å². The van der Waals surface area contributed by atoms with Crippen molar-refractivity contribution < 1.29 is 14.3 Å². The molecular weight excluding hydrogens is 310 g/mol. The first-order valence-electron chi connectivity index (χ1n) is 8.65. The van der Waals surface area contributed by atoms with Crippen LogP contribution in [0.2, 0.25) is 0 Å². The van der Waals surface area contributed by atoms with Crippen molar-refractivity contribution in [3.8, 4) is 0 Å². The second kappa shape index (κ2) is 6.16. The minimum absolute atomic E-state index is 0.215. The summed E-state index contributed by atoms with van der Waals surface area (Å²) in [6.45, 7) is 3.25. The van der Waals surface area contributed by atoms with E-state index in [2.05, 4.69) is 15.5 Å². The molecule has 1 saturated carbocycles. The summed E-state index contributed by atoms with van der Waals surface area (Å²) < 4.78 is 6.87. The van der Waals surface area contributed by atoms with Gasteiger partial charge in [-0.25, -0.2) is 0 Å². The molecule has 2 aliphatic heterocycles. The van der Waals surface area contributed by atoms with Crippen molar-refractivity contribution in [2.24, 2.45) is 17.8 Å². The van der Waals surface area contributed by atoms with Crippen molar-refractivity contribution >= 4 is 11.8 Å². The molecule has 3 aliphatic rings. The third-order valence-electron chi connectivity index (χ3n) is 5.30. The number of carbonyl (C=O) groups excluding carboxylic acids is 2. The highest BCUT2D eigenvalue weighted by Gasteiger charge is 2.43. The van der Waals surface area contributed by atoms with E-state index in [4.69, 9.17) is 4.74 Å². The summed E-state index contributed by atoms with van der Waals surface area (Å²) in [5.74, 6) is 2.42. The van der Waals surface area contributed by atoms with E-state index in [1.165, 1.54) is 0 Å². The first-order chi connectivity index (χ1) is 11.7. The zero-order valence-corrected chi connectivity index (χ0v) is 13.9. The molecule has 1 saturated heterocycles. The van der Waals surface area contributed by atoms with Gasteiger partial charge in [-0.3, -0.25) is 9.59 Å². The Morgan fingerprint density at radius 1 is 1.21 bits per heavy atom. The van der Waals surface area contributed by atoms with E-state index in [1.54, 1.807) is 7.11 Å². The van der Waals surface area contributed by atoms with Crippen LogP contribution >= 0.6 is 0 Å². The molecule has 0 aromatic carbocycles. The normalized spacial score (nSPS) is 25.3. The molecule has 24 heavy (non-hydrogen) atoms. The van der Waals surface area contributed by atoms with E-state index in [1.807, 2.05) is 9.47 Å². The number of rotatable bonds is 5. The molecule has 1 N–H and O–H groups in total. The summed E-state index contributed by atoms with van der Waals surface area (Å²) in [6.07, 6.45) is 2.88. The number of nitrogens with zero attached hydrogens (tertiary/aromatic N) is 4. The fraction of sp³-hybridized carbons (Fsp3) is 0.750. The van der Waals surface area contributed by atoms with E-state index in [0.717, 1.165) is 38.2 Å². The van der Waals surface area contributed by atoms with Crippen LogP contribution in [-0.2, 0) is 22.5 Å². The van der Waals surface area contributed by atoms with Gasteiger partial charge < -0.3 is 19.5 Å². The van der Waals surface area contributed by atoms with Crippen LogP contribution in [0.4, 0.5) is 0 Å². The van der Waals surface area contributed by atoms with E-state index in [0.29, 0.717) is 43.3 Å². The van der Waals surface area contributed by atoms with E-state index in [9.17, 15) is 9.59 Å². The Hall–Kier alpha value is -1.96. The molecule has 8 nitrogen and oxygen atoms in total. The molecule has 130 valence electrons. The predicted octanol–water partition coefficient (Wildman–Crippen LogP) is -0.305. The van der Waals surface area contributed by atoms with Crippen molar-refractivity contribution in [3.05, 3.63) is 11.6 Å². The summed E-state index contributed by atoms with van der Waals surface area (Å²) in [7, 11) is 1.60. The van der Waals surface area contributed by atoms with Crippen molar-refractivity contribution in [1.29, 1.82) is 0 Å². The number of methoxy groups -OCH3 is 1. The number of fused-ring (bicyclic) bond motifs is 2. The summed E-state index contributed by atoms with van der Waals surface area (Å²) >= 11 is 0. The number of aromatic nitrogens is 3. The van der Waals surface area contributed by atoms with Crippen molar-refractivity contribution in [3.63, 3.8) is 0 Å². The molecule has 0 bridgehead atoms. The number of carbonyl (C=O) groups is 2. The van der Waals surface area contributed by atoms with Gasteiger partial charge in [-0.05, 0) is 24.7 Å². The second-order valence-corrected chi connectivity index (χ2v) is 7.04. The fourth-order valence-electron chi connectivity index (χ4n) is 3.81. The van der Waals surface area contributed by atoms with Gasteiger partial charge in [-0.1, -0.05) is 0 Å². The highest BCUT2D eigenvalue weighted by Crippen LogP contribution is 2.37. The van der Waals surface area contributed by atoms with Crippen LogP contribution in [0.25, 0.3) is 0 Å². The van der Waals surface area contributed by atoms with Gasteiger partial charge in [0.1, 0.15) is 5.82 Å². The van der Waals surface area contributed by atoms with Gasteiger partial charge in [0.2, 0.25) is 11.7 Å². The van der Waals surface area contributed by atoms with Crippen LogP contribution < -0.4 is 5.32 Å². The number of likely N-dealkylation sites (tertiary alicyclic amines) is 1. The number of nitrogens with one attached hydrogen (secondary N) is 1. The summed E-state index contributed by atoms with van der Waals surface area (Å²) in [5, 5.41) is 11.1. The third-order valence-corrected chi connectivity index (χ3v) is 5.30. The van der Waals surface area contributed by atoms with Crippen LogP contribution in [0.15, 0.2) is 0 Å². The van der Waals surface area contributed by atoms with Crippen molar-refractivity contribution in [1.82, 2.24) is 25.0 Å². The van der Waals surface area contributed by atoms with Crippen LogP contribution in [0.3, 0.4) is 0 Å².